The predicted molar refractivity (Wildman–Crippen MR) is 80.1 cm³/mol. The van der Waals surface area contributed by atoms with Gasteiger partial charge in [-0.15, -0.1) is 11.8 Å². The third kappa shape index (κ3) is 2.56. The Balaban J connectivity index is 1.84. The summed E-state index contributed by atoms with van der Waals surface area (Å²) < 4.78 is 5.77. The molecule has 1 aromatic heterocycles. The van der Waals surface area contributed by atoms with Gasteiger partial charge in [0.15, 0.2) is 0 Å². The molecule has 108 valence electrons. The number of carbonyl (C=O) groups is 1. The zero-order valence-electron chi connectivity index (χ0n) is 11.7. The van der Waals surface area contributed by atoms with Crippen LogP contribution >= 0.6 is 11.8 Å². The summed E-state index contributed by atoms with van der Waals surface area (Å²) in [4.78, 5) is 19.2. The lowest BCUT2D eigenvalue weighted by molar-refractivity contribution is -0.131. The van der Waals surface area contributed by atoms with E-state index in [2.05, 4.69) is 11.9 Å². The van der Waals surface area contributed by atoms with Gasteiger partial charge >= 0.3 is 0 Å². The molecular weight excluding hydrogens is 272 g/mol. The van der Waals surface area contributed by atoms with Crippen LogP contribution < -0.4 is 4.90 Å². The number of anilines is 1. The van der Waals surface area contributed by atoms with Crippen molar-refractivity contribution in [1.82, 2.24) is 4.98 Å². The van der Waals surface area contributed by atoms with Crippen LogP contribution in [0.15, 0.2) is 23.4 Å². The van der Waals surface area contributed by atoms with Crippen LogP contribution in [0.1, 0.15) is 26.2 Å². The van der Waals surface area contributed by atoms with Crippen molar-refractivity contribution in [3.05, 3.63) is 18.3 Å². The second kappa shape index (κ2) is 6.14. The van der Waals surface area contributed by atoms with Gasteiger partial charge in [-0.05, 0) is 31.4 Å². The highest BCUT2D eigenvalue weighted by molar-refractivity contribution is 7.99. The third-order valence-electron chi connectivity index (χ3n) is 4.02. The average Bonchev–Trinajstić information content (AvgIpc) is 2.53. The Morgan fingerprint density at radius 2 is 2.50 bits per heavy atom. The molecule has 0 radical (unpaired) electrons. The number of amides is 1. The van der Waals surface area contributed by atoms with Crippen LogP contribution in [-0.4, -0.2) is 35.9 Å². The molecule has 2 atom stereocenters. The van der Waals surface area contributed by atoms with E-state index in [1.165, 1.54) is 0 Å². The minimum atomic E-state index is 0.00454. The maximum Gasteiger partial charge on any atom is 0.232 e. The number of ether oxygens (including phenoxy) is 1. The molecule has 2 unspecified atom stereocenters. The summed E-state index contributed by atoms with van der Waals surface area (Å²) in [5.41, 5.74) is 0.967. The molecule has 1 amide bonds. The number of pyridine rings is 1. The fourth-order valence-corrected chi connectivity index (χ4v) is 3.94. The van der Waals surface area contributed by atoms with Crippen molar-refractivity contribution in [2.75, 3.05) is 23.8 Å². The summed E-state index contributed by atoms with van der Waals surface area (Å²) in [7, 11) is 0. The number of fused-ring (bicyclic) bond motifs is 1. The van der Waals surface area contributed by atoms with E-state index in [-0.39, 0.29) is 17.9 Å². The summed E-state index contributed by atoms with van der Waals surface area (Å²) in [6.07, 6.45) is 4.69. The standard InChI is InChI=1S/C15H20N2O2S/c1-2-13-11(5-4-9-19-13)15(18)17-8-10-20-14-12(17)6-3-7-16-14/h3,6-7,11,13H,2,4-5,8-10H2,1H3. The minimum absolute atomic E-state index is 0.00454. The van der Waals surface area contributed by atoms with Gasteiger partial charge < -0.3 is 9.64 Å². The van der Waals surface area contributed by atoms with Crippen LogP contribution in [0, 0.1) is 5.92 Å². The van der Waals surface area contributed by atoms with Crippen LogP contribution in [0.2, 0.25) is 0 Å². The molecule has 0 spiro atoms. The Morgan fingerprint density at radius 3 is 3.35 bits per heavy atom. The van der Waals surface area contributed by atoms with Crippen molar-refractivity contribution in [2.24, 2.45) is 5.92 Å². The van der Waals surface area contributed by atoms with E-state index in [1.54, 1.807) is 18.0 Å². The number of nitrogens with zero attached hydrogens (tertiary/aromatic N) is 2. The van der Waals surface area contributed by atoms with E-state index in [1.807, 2.05) is 17.0 Å². The van der Waals surface area contributed by atoms with Gasteiger partial charge in [-0.3, -0.25) is 4.79 Å². The maximum absolute atomic E-state index is 12.9. The first kappa shape index (κ1) is 13.9. The Morgan fingerprint density at radius 1 is 1.60 bits per heavy atom. The van der Waals surface area contributed by atoms with Crippen molar-refractivity contribution in [2.45, 2.75) is 37.3 Å². The Hall–Kier alpha value is -1.07. The van der Waals surface area contributed by atoms with E-state index in [0.29, 0.717) is 0 Å². The second-order valence-corrected chi connectivity index (χ2v) is 6.32. The van der Waals surface area contributed by atoms with Crippen molar-refractivity contribution in [3.8, 4) is 0 Å². The molecule has 0 aliphatic carbocycles. The van der Waals surface area contributed by atoms with Gasteiger partial charge in [-0.1, -0.05) is 6.92 Å². The predicted octanol–water partition coefficient (Wildman–Crippen LogP) is 2.73. The van der Waals surface area contributed by atoms with Crippen LogP contribution in [0.5, 0.6) is 0 Å². The zero-order chi connectivity index (χ0) is 13.9. The summed E-state index contributed by atoms with van der Waals surface area (Å²) in [5, 5.41) is 0.969. The first-order valence-electron chi connectivity index (χ1n) is 7.32. The number of hydrogen-bond donors (Lipinski definition) is 0. The van der Waals surface area contributed by atoms with Crippen molar-refractivity contribution < 1.29 is 9.53 Å². The third-order valence-corrected chi connectivity index (χ3v) is 5.00. The van der Waals surface area contributed by atoms with Crippen LogP contribution in [0.3, 0.4) is 0 Å². The summed E-state index contributed by atoms with van der Waals surface area (Å²) in [6, 6.07) is 3.90. The average molecular weight is 292 g/mol. The number of hydrogen-bond acceptors (Lipinski definition) is 4. The first-order chi connectivity index (χ1) is 9.81. The molecule has 20 heavy (non-hydrogen) atoms. The lowest BCUT2D eigenvalue weighted by Crippen LogP contribution is -2.46. The number of carbonyl (C=O) groups excluding carboxylic acids is 1. The maximum atomic E-state index is 12.9. The van der Waals surface area contributed by atoms with Crippen molar-refractivity contribution in [1.29, 1.82) is 0 Å². The Kier molecular flexibility index (Phi) is 4.27. The van der Waals surface area contributed by atoms with Gasteiger partial charge in [0, 0.05) is 25.1 Å². The van der Waals surface area contributed by atoms with Gasteiger partial charge in [-0.25, -0.2) is 4.98 Å². The first-order valence-corrected chi connectivity index (χ1v) is 8.30. The van der Waals surface area contributed by atoms with Gasteiger partial charge in [0.1, 0.15) is 5.03 Å². The fourth-order valence-electron chi connectivity index (χ4n) is 3.01. The smallest absolute Gasteiger partial charge is 0.232 e. The highest BCUT2D eigenvalue weighted by Gasteiger charge is 2.35. The molecule has 3 heterocycles. The van der Waals surface area contributed by atoms with Gasteiger partial charge in [0.05, 0.1) is 17.7 Å². The monoisotopic (exact) mass is 292 g/mol. The molecule has 4 nitrogen and oxygen atoms in total. The quantitative estimate of drug-likeness (QED) is 0.840. The second-order valence-electron chi connectivity index (χ2n) is 5.23. The van der Waals surface area contributed by atoms with E-state index < -0.39 is 0 Å². The number of thioether (sulfide) groups is 1. The molecule has 5 heteroatoms. The van der Waals surface area contributed by atoms with E-state index in [9.17, 15) is 4.79 Å². The van der Waals surface area contributed by atoms with Crippen molar-refractivity contribution in [3.63, 3.8) is 0 Å². The lowest BCUT2D eigenvalue weighted by Gasteiger charge is -2.36. The Bertz CT molecular complexity index is 495. The minimum Gasteiger partial charge on any atom is -0.377 e. The topological polar surface area (TPSA) is 42.4 Å². The molecule has 0 N–H and O–H groups in total. The molecular formula is C15H20N2O2S. The molecule has 3 rings (SSSR count). The van der Waals surface area contributed by atoms with Crippen LogP contribution in [0.4, 0.5) is 5.69 Å². The highest BCUT2D eigenvalue weighted by Crippen LogP contribution is 2.35. The van der Waals surface area contributed by atoms with E-state index in [4.69, 9.17) is 4.74 Å². The molecule has 1 aromatic rings. The molecule has 1 fully saturated rings. The molecule has 2 aliphatic rings. The molecule has 0 saturated carbocycles. The van der Waals surface area contributed by atoms with Crippen LogP contribution in [0.25, 0.3) is 0 Å². The summed E-state index contributed by atoms with van der Waals surface area (Å²) >= 11 is 1.73. The lowest BCUT2D eigenvalue weighted by atomic mass is 9.91. The number of aromatic nitrogens is 1. The largest absolute Gasteiger partial charge is 0.377 e. The SMILES string of the molecule is CCC1OCCCC1C(=O)N1CCSc2ncccc21. The van der Waals surface area contributed by atoms with Crippen molar-refractivity contribution >= 4 is 23.4 Å². The summed E-state index contributed by atoms with van der Waals surface area (Å²) in [6.45, 7) is 3.66. The van der Waals surface area contributed by atoms with Gasteiger partial charge in [0.25, 0.3) is 0 Å². The highest BCUT2D eigenvalue weighted by atomic mass is 32.2. The van der Waals surface area contributed by atoms with Crippen LogP contribution in [-0.2, 0) is 9.53 Å². The van der Waals surface area contributed by atoms with Gasteiger partial charge in [-0.2, -0.15) is 0 Å². The molecule has 0 bridgehead atoms. The molecule has 1 saturated heterocycles. The van der Waals surface area contributed by atoms with E-state index >= 15 is 0 Å². The number of rotatable bonds is 2. The normalized spacial score (nSPS) is 26.1. The molecule has 2 aliphatic heterocycles. The Labute approximate surface area is 123 Å². The zero-order valence-corrected chi connectivity index (χ0v) is 12.6. The summed E-state index contributed by atoms with van der Waals surface area (Å²) in [5.74, 6) is 1.14. The molecule has 0 aromatic carbocycles. The fraction of sp³-hybridized carbons (Fsp3) is 0.600. The van der Waals surface area contributed by atoms with E-state index in [0.717, 1.165) is 48.9 Å². The van der Waals surface area contributed by atoms with Gasteiger partial charge in [0.2, 0.25) is 5.91 Å².